The first kappa shape index (κ1) is 21.5. The maximum absolute atomic E-state index is 13.5. The first-order valence-corrected chi connectivity index (χ1v) is 11.1. The molecule has 29 heavy (non-hydrogen) atoms. The van der Waals surface area contributed by atoms with Crippen LogP contribution in [0.5, 0.6) is 0 Å². The van der Waals surface area contributed by atoms with E-state index in [1.54, 1.807) is 0 Å². The summed E-state index contributed by atoms with van der Waals surface area (Å²) < 4.78 is 13.5. The Labute approximate surface area is 175 Å². The van der Waals surface area contributed by atoms with Gasteiger partial charge in [0, 0.05) is 12.6 Å². The van der Waals surface area contributed by atoms with Gasteiger partial charge in [-0.25, -0.2) is 4.39 Å². The molecule has 0 aliphatic heterocycles. The fourth-order valence-electron chi connectivity index (χ4n) is 4.65. The van der Waals surface area contributed by atoms with Gasteiger partial charge in [0.05, 0.1) is 11.5 Å². The normalized spacial score (nSPS) is 16.9. The molecule has 1 saturated carbocycles. The van der Waals surface area contributed by atoms with Gasteiger partial charge in [0.1, 0.15) is 5.82 Å². The van der Waals surface area contributed by atoms with Gasteiger partial charge in [-0.2, -0.15) is 5.26 Å². The van der Waals surface area contributed by atoms with Crippen LogP contribution in [0.1, 0.15) is 63.5 Å². The summed E-state index contributed by atoms with van der Waals surface area (Å²) in [6.45, 7) is 6.49. The zero-order chi connectivity index (χ0) is 20.7. The quantitative estimate of drug-likeness (QED) is 0.438. The zero-order valence-corrected chi connectivity index (χ0v) is 17.8. The minimum absolute atomic E-state index is 0.236. The van der Waals surface area contributed by atoms with Crippen LogP contribution in [-0.4, -0.2) is 17.5 Å². The summed E-state index contributed by atoms with van der Waals surface area (Å²) in [5.74, 6) is 0.170. The van der Waals surface area contributed by atoms with E-state index >= 15 is 0 Å². The van der Waals surface area contributed by atoms with Crippen molar-refractivity contribution < 1.29 is 4.39 Å². The van der Waals surface area contributed by atoms with E-state index in [0.717, 1.165) is 57.2 Å². The summed E-state index contributed by atoms with van der Waals surface area (Å²) in [4.78, 5) is 2.58. The molecule has 0 bridgehead atoms. The molecular weight excluding hydrogens is 359 g/mol. The van der Waals surface area contributed by atoms with Crippen LogP contribution in [0.25, 0.3) is 0 Å². The molecule has 1 aliphatic carbocycles. The predicted molar refractivity (Wildman–Crippen MR) is 117 cm³/mol. The summed E-state index contributed by atoms with van der Waals surface area (Å²) in [6, 6.07) is 20.4. The van der Waals surface area contributed by atoms with Crippen molar-refractivity contribution in [1.29, 1.82) is 5.26 Å². The lowest BCUT2D eigenvalue weighted by molar-refractivity contribution is 0.163. The third-order valence-corrected chi connectivity index (χ3v) is 6.43. The standard InChI is InChI=1S/C26H33FN2/c1-3-18-29(19-21-8-6-5-7-9-21)25(4-2)16-17-26(20-28,22-10-11-22)23-12-14-24(27)15-13-23/h5-9,12-15,22,25H,3-4,10-11,16-19H2,1-2H3. The molecule has 0 saturated heterocycles. The first-order chi connectivity index (χ1) is 14.1. The molecule has 0 aromatic heterocycles. The first-order valence-electron chi connectivity index (χ1n) is 11.1. The lowest BCUT2D eigenvalue weighted by Crippen LogP contribution is -2.37. The molecule has 2 nitrogen and oxygen atoms in total. The van der Waals surface area contributed by atoms with E-state index in [1.165, 1.54) is 17.7 Å². The van der Waals surface area contributed by atoms with Crippen LogP contribution in [0.4, 0.5) is 4.39 Å². The summed E-state index contributed by atoms with van der Waals surface area (Å²) in [6.07, 6.45) is 6.22. The molecular formula is C26H33FN2. The van der Waals surface area contributed by atoms with Crippen molar-refractivity contribution in [3.05, 3.63) is 71.5 Å². The monoisotopic (exact) mass is 392 g/mol. The molecule has 2 atom stereocenters. The van der Waals surface area contributed by atoms with Crippen molar-refractivity contribution in [3.63, 3.8) is 0 Å². The fraction of sp³-hybridized carbons (Fsp3) is 0.500. The lowest BCUT2D eigenvalue weighted by atomic mass is 9.73. The highest BCUT2D eigenvalue weighted by atomic mass is 19.1. The molecule has 3 heteroatoms. The Kier molecular flexibility index (Phi) is 7.45. The van der Waals surface area contributed by atoms with Crippen molar-refractivity contribution in [2.24, 2.45) is 5.92 Å². The topological polar surface area (TPSA) is 27.0 Å². The van der Waals surface area contributed by atoms with Gasteiger partial charge in [0.15, 0.2) is 0 Å². The average molecular weight is 393 g/mol. The molecule has 1 aliphatic rings. The second-order valence-electron chi connectivity index (χ2n) is 8.42. The predicted octanol–water partition coefficient (Wildman–Crippen LogP) is 6.47. The summed E-state index contributed by atoms with van der Waals surface area (Å²) in [5, 5.41) is 10.2. The maximum atomic E-state index is 13.5. The molecule has 0 spiro atoms. The minimum atomic E-state index is -0.480. The van der Waals surface area contributed by atoms with Gasteiger partial charge >= 0.3 is 0 Å². The second kappa shape index (κ2) is 10.0. The smallest absolute Gasteiger partial charge is 0.123 e. The van der Waals surface area contributed by atoms with Gasteiger partial charge in [-0.1, -0.05) is 56.3 Å². The van der Waals surface area contributed by atoms with Crippen LogP contribution in [-0.2, 0) is 12.0 Å². The number of nitriles is 1. The highest BCUT2D eigenvalue weighted by molar-refractivity contribution is 5.35. The summed E-state index contributed by atoms with van der Waals surface area (Å²) in [5.41, 5.74) is 1.85. The fourth-order valence-corrected chi connectivity index (χ4v) is 4.65. The van der Waals surface area contributed by atoms with E-state index in [2.05, 4.69) is 55.1 Å². The summed E-state index contributed by atoms with van der Waals surface area (Å²) in [7, 11) is 0. The molecule has 2 aromatic carbocycles. The molecule has 0 heterocycles. The Bertz CT molecular complexity index is 792. The zero-order valence-electron chi connectivity index (χ0n) is 17.8. The number of nitrogens with zero attached hydrogens (tertiary/aromatic N) is 2. The van der Waals surface area contributed by atoms with Crippen LogP contribution in [0, 0.1) is 23.1 Å². The van der Waals surface area contributed by atoms with Crippen LogP contribution in [0.2, 0.25) is 0 Å². The van der Waals surface area contributed by atoms with Crippen LogP contribution in [0.3, 0.4) is 0 Å². The van der Waals surface area contributed by atoms with Gasteiger partial charge in [-0.3, -0.25) is 4.90 Å². The Morgan fingerprint density at radius 2 is 1.79 bits per heavy atom. The Morgan fingerprint density at radius 1 is 1.10 bits per heavy atom. The molecule has 2 aromatic rings. The van der Waals surface area contributed by atoms with Gasteiger partial charge < -0.3 is 0 Å². The maximum Gasteiger partial charge on any atom is 0.123 e. The van der Waals surface area contributed by atoms with Crippen molar-refractivity contribution in [3.8, 4) is 6.07 Å². The van der Waals surface area contributed by atoms with E-state index in [-0.39, 0.29) is 5.82 Å². The Hall–Kier alpha value is -2.18. The lowest BCUT2D eigenvalue weighted by Gasteiger charge is -2.34. The number of benzene rings is 2. The number of hydrogen-bond donors (Lipinski definition) is 0. The third-order valence-electron chi connectivity index (χ3n) is 6.43. The second-order valence-corrected chi connectivity index (χ2v) is 8.42. The van der Waals surface area contributed by atoms with Crippen molar-refractivity contribution in [2.45, 2.75) is 70.4 Å². The molecule has 1 fully saturated rings. The van der Waals surface area contributed by atoms with Gasteiger partial charge in [-0.05, 0) is 74.2 Å². The van der Waals surface area contributed by atoms with E-state index in [0.29, 0.717) is 12.0 Å². The van der Waals surface area contributed by atoms with E-state index in [1.807, 2.05) is 12.1 Å². The minimum Gasteiger partial charge on any atom is -0.296 e. The van der Waals surface area contributed by atoms with Gasteiger partial charge in [-0.15, -0.1) is 0 Å². The average Bonchev–Trinajstić information content (AvgIpc) is 3.59. The summed E-state index contributed by atoms with van der Waals surface area (Å²) >= 11 is 0. The van der Waals surface area contributed by atoms with E-state index < -0.39 is 5.41 Å². The Morgan fingerprint density at radius 3 is 2.34 bits per heavy atom. The molecule has 2 unspecified atom stereocenters. The highest BCUT2D eigenvalue weighted by Crippen LogP contribution is 2.50. The molecule has 0 N–H and O–H groups in total. The van der Waals surface area contributed by atoms with Gasteiger partial charge in [0.25, 0.3) is 0 Å². The van der Waals surface area contributed by atoms with Crippen molar-refractivity contribution in [1.82, 2.24) is 4.90 Å². The molecule has 154 valence electrons. The van der Waals surface area contributed by atoms with Crippen molar-refractivity contribution in [2.75, 3.05) is 6.54 Å². The van der Waals surface area contributed by atoms with Crippen LogP contribution >= 0.6 is 0 Å². The SMILES string of the molecule is CCCN(Cc1ccccc1)C(CC)CCC(C#N)(c1ccc(F)cc1)C1CC1. The number of halogens is 1. The van der Waals surface area contributed by atoms with Crippen LogP contribution in [0.15, 0.2) is 54.6 Å². The number of rotatable bonds is 11. The number of hydrogen-bond acceptors (Lipinski definition) is 2. The Balaban J connectivity index is 1.76. The molecule has 3 rings (SSSR count). The van der Waals surface area contributed by atoms with Crippen LogP contribution < -0.4 is 0 Å². The van der Waals surface area contributed by atoms with E-state index in [4.69, 9.17) is 0 Å². The largest absolute Gasteiger partial charge is 0.296 e. The molecule has 0 amide bonds. The van der Waals surface area contributed by atoms with E-state index in [9.17, 15) is 9.65 Å². The highest BCUT2D eigenvalue weighted by Gasteiger charge is 2.47. The third kappa shape index (κ3) is 5.25. The van der Waals surface area contributed by atoms with Gasteiger partial charge in [0.2, 0.25) is 0 Å². The molecule has 0 radical (unpaired) electrons. The van der Waals surface area contributed by atoms with Crippen molar-refractivity contribution >= 4 is 0 Å².